The molecule has 0 bridgehead atoms. The Morgan fingerprint density at radius 2 is 1.78 bits per heavy atom. The molecule has 2 aromatic carbocycles. The summed E-state index contributed by atoms with van der Waals surface area (Å²) in [7, 11) is 0. The van der Waals surface area contributed by atoms with E-state index in [1.165, 1.54) is 42.8 Å². The highest BCUT2D eigenvalue weighted by atomic mass is 19.1. The second-order valence-electron chi connectivity index (χ2n) is 5.87. The highest BCUT2D eigenvalue weighted by Gasteiger charge is 2.27. The third-order valence-corrected chi connectivity index (χ3v) is 4.16. The molecule has 0 aromatic heterocycles. The normalized spacial score (nSPS) is 13.7. The van der Waals surface area contributed by atoms with Gasteiger partial charge in [0.2, 0.25) is 0 Å². The molecule has 0 aliphatic heterocycles. The van der Waals surface area contributed by atoms with Crippen molar-refractivity contribution in [3.8, 4) is 0 Å². The topological polar surface area (TPSA) is 32.3 Å². The summed E-state index contributed by atoms with van der Waals surface area (Å²) in [6, 6.07) is 14.6. The van der Waals surface area contributed by atoms with Crippen molar-refractivity contribution in [3.63, 3.8) is 0 Å². The standard InChI is InChI=1S/C19H21FN2O/c1-2-22(18-11-12-18)17-9-3-14(4-10-17)13-21-19(23)15-5-7-16(20)8-6-15/h3-10,18H,2,11-13H2,1H3,(H,21,23). The maximum atomic E-state index is 12.9. The first-order valence-corrected chi connectivity index (χ1v) is 8.06. The Morgan fingerprint density at radius 3 is 2.35 bits per heavy atom. The lowest BCUT2D eigenvalue weighted by molar-refractivity contribution is 0.0951. The van der Waals surface area contributed by atoms with Gasteiger partial charge in [0.25, 0.3) is 5.91 Å². The van der Waals surface area contributed by atoms with E-state index in [9.17, 15) is 9.18 Å². The van der Waals surface area contributed by atoms with Crippen LogP contribution in [0.2, 0.25) is 0 Å². The molecule has 0 unspecified atom stereocenters. The van der Waals surface area contributed by atoms with Crippen LogP contribution in [0.3, 0.4) is 0 Å². The maximum Gasteiger partial charge on any atom is 0.251 e. The molecule has 0 spiro atoms. The smallest absolute Gasteiger partial charge is 0.251 e. The second kappa shape index (κ2) is 6.82. The van der Waals surface area contributed by atoms with E-state index in [1.807, 2.05) is 12.1 Å². The number of benzene rings is 2. The van der Waals surface area contributed by atoms with Gasteiger partial charge in [-0.2, -0.15) is 0 Å². The van der Waals surface area contributed by atoms with Crippen molar-refractivity contribution >= 4 is 11.6 Å². The van der Waals surface area contributed by atoms with Gasteiger partial charge in [-0.3, -0.25) is 4.79 Å². The minimum atomic E-state index is -0.340. The summed E-state index contributed by atoms with van der Waals surface area (Å²) < 4.78 is 12.9. The Morgan fingerprint density at radius 1 is 1.13 bits per heavy atom. The zero-order valence-corrected chi connectivity index (χ0v) is 13.3. The van der Waals surface area contributed by atoms with Gasteiger partial charge >= 0.3 is 0 Å². The molecule has 0 heterocycles. The maximum absolute atomic E-state index is 12.9. The van der Waals surface area contributed by atoms with Crippen LogP contribution in [0.15, 0.2) is 48.5 Å². The van der Waals surface area contributed by atoms with Crippen LogP contribution in [-0.4, -0.2) is 18.5 Å². The lowest BCUT2D eigenvalue weighted by Crippen LogP contribution is -2.25. The molecular formula is C19H21FN2O. The minimum absolute atomic E-state index is 0.192. The Labute approximate surface area is 136 Å². The molecule has 2 aromatic rings. The number of anilines is 1. The highest BCUT2D eigenvalue weighted by molar-refractivity contribution is 5.94. The van der Waals surface area contributed by atoms with E-state index in [-0.39, 0.29) is 11.7 Å². The Balaban J connectivity index is 1.58. The molecule has 23 heavy (non-hydrogen) atoms. The molecule has 120 valence electrons. The van der Waals surface area contributed by atoms with E-state index >= 15 is 0 Å². The number of hydrogen-bond donors (Lipinski definition) is 1. The molecule has 1 aliphatic carbocycles. The molecule has 3 nitrogen and oxygen atoms in total. The van der Waals surface area contributed by atoms with Gasteiger partial charge in [0.05, 0.1) is 0 Å². The minimum Gasteiger partial charge on any atom is -0.369 e. The molecular weight excluding hydrogens is 291 g/mol. The van der Waals surface area contributed by atoms with Crippen molar-refractivity contribution < 1.29 is 9.18 Å². The molecule has 1 N–H and O–H groups in total. The summed E-state index contributed by atoms with van der Waals surface area (Å²) in [6.45, 7) is 3.66. The van der Waals surface area contributed by atoms with Gasteiger partial charge in [-0.15, -0.1) is 0 Å². The SMILES string of the molecule is CCN(c1ccc(CNC(=O)c2ccc(F)cc2)cc1)C1CC1. The van der Waals surface area contributed by atoms with E-state index in [1.54, 1.807) is 0 Å². The van der Waals surface area contributed by atoms with E-state index in [4.69, 9.17) is 0 Å². The molecule has 1 amide bonds. The molecule has 0 atom stereocenters. The Bertz CT molecular complexity index is 663. The quantitative estimate of drug-likeness (QED) is 0.881. The van der Waals surface area contributed by atoms with Gasteiger partial charge in [0.15, 0.2) is 0 Å². The van der Waals surface area contributed by atoms with Gasteiger partial charge in [0, 0.05) is 30.4 Å². The van der Waals surface area contributed by atoms with Crippen LogP contribution in [-0.2, 0) is 6.54 Å². The number of amides is 1. The van der Waals surface area contributed by atoms with E-state index < -0.39 is 0 Å². The number of halogens is 1. The second-order valence-corrected chi connectivity index (χ2v) is 5.87. The zero-order chi connectivity index (χ0) is 16.2. The predicted molar refractivity (Wildman–Crippen MR) is 90.1 cm³/mol. The third-order valence-electron chi connectivity index (χ3n) is 4.16. The largest absolute Gasteiger partial charge is 0.369 e. The fourth-order valence-electron chi connectivity index (χ4n) is 2.73. The lowest BCUT2D eigenvalue weighted by atomic mass is 10.1. The molecule has 3 rings (SSSR count). The van der Waals surface area contributed by atoms with E-state index in [0.29, 0.717) is 18.2 Å². The van der Waals surface area contributed by atoms with Gasteiger partial charge in [-0.1, -0.05) is 12.1 Å². The zero-order valence-electron chi connectivity index (χ0n) is 13.3. The van der Waals surface area contributed by atoms with Crippen molar-refractivity contribution in [2.75, 3.05) is 11.4 Å². The van der Waals surface area contributed by atoms with Crippen LogP contribution in [0.5, 0.6) is 0 Å². The van der Waals surface area contributed by atoms with Crippen LogP contribution in [0, 0.1) is 5.82 Å². The van der Waals surface area contributed by atoms with E-state index in [2.05, 4.69) is 29.3 Å². The third kappa shape index (κ3) is 3.89. The average molecular weight is 312 g/mol. The summed E-state index contributed by atoms with van der Waals surface area (Å²) in [6.07, 6.45) is 2.56. The van der Waals surface area contributed by atoms with Crippen LogP contribution in [0.1, 0.15) is 35.7 Å². The van der Waals surface area contributed by atoms with Gasteiger partial charge < -0.3 is 10.2 Å². The lowest BCUT2D eigenvalue weighted by Gasteiger charge is -2.22. The fourth-order valence-corrected chi connectivity index (χ4v) is 2.73. The molecule has 0 radical (unpaired) electrons. The summed E-state index contributed by atoms with van der Waals surface area (Å²) in [5, 5.41) is 2.86. The number of nitrogens with zero attached hydrogens (tertiary/aromatic N) is 1. The average Bonchev–Trinajstić information content (AvgIpc) is 3.40. The van der Waals surface area contributed by atoms with Crippen LogP contribution < -0.4 is 10.2 Å². The first kappa shape index (κ1) is 15.5. The number of carbonyl (C=O) groups is 1. The Kier molecular flexibility index (Phi) is 4.60. The first-order valence-electron chi connectivity index (χ1n) is 8.06. The number of rotatable bonds is 6. The first-order chi connectivity index (χ1) is 11.2. The number of hydrogen-bond acceptors (Lipinski definition) is 2. The monoisotopic (exact) mass is 312 g/mol. The summed E-state index contributed by atoms with van der Waals surface area (Å²) >= 11 is 0. The molecule has 0 saturated heterocycles. The molecule has 1 fully saturated rings. The van der Waals surface area contributed by atoms with Crippen LogP contribution in [0.25, 0.3) is 0 Å². The molecule has 1 saturated carbocycles. The van der Waals surface area contributed by atoms with E-state index in [0.717, 1.165) is 12.1 Å². The summed E-state index contributed by atoms with van der Waals surface area (Å²) in [5.74, 6) is -0.532. The molecule has 4 heteroatoms. The summed E-state index contributed by atoms with van der Waals surface area (Å²) in [4.78, 5) is 14.4. The van der Waals surface area contributed by atoms with Crippen molar-refractivity contribution in [1.29, 1.82) is 0 Å². The summed E-state index contributed by atoms with van der Waals surface area (Å²) in [5.41, 5.74) is 2.76. The molecule has 1 aliphatic rings. The predicted octanol–water partition coefficient (Wildman–Crippen LogP) is 3.74. The van der Waals surface area contributed by atoms with Crippen LogP contribution in [0.4, 0.5) is 10.1 Å². The van der Waals surface area contributed by atoms with Crippen molar-refractivity contribution in [1.82, 2.24) is 5.32 Å². The van der Waals surface area contributed by atoms with Crippen LogP contribution >= 0.6 is 0 Å². The van der Waals surface area contributed by atoms with Gasteiger partial charge in [-0.05, 0) is 61.7 Å². The van der Waals surface area contributed by atoms with Gasteiger partial charge in [0.1, 0.15) is 5.82 Å². The van der Waals surface area contributed by atoms with Crippen molar-refractivity contribution in [2.45, 2.75) is 32.4 Å². The fraction of sp³-hybridized carbons (Fsp3) is 0.316. The number of carbonyl (C=O) groups excluding carboxylic acids is 1. The number of nitrogens with one attached hydrogen (secondary N) is 1. The van der Waals surface area contributed by atoms with Crippen molar-refractivity contribution in [3.05, 3.63) is 65.5 Å². The van der Waals surface area contributed by atoms with Crippen molar-refractivity contribution in [2.24, 2.45) is 0 Å². The van der Waals surface area contributed by atoms with Gasteiger partial charge in [-0.25, -0.2) is 4.39 Å². The highest BCUT2D eigenvalue weighted by Crippen LogP contribution is 2.31. The Hall–Kier alpha value is -2.36.